The lowest BCUT2D eigenvalue weighted by molar-refractivity contribution is -0.380. The van der Waals surface area contributed by atoms with Crippen LogP contribution in [0.2, 0.25) is 0 Å². The molecule has 1 aromatic carbocycles. The Labute approximate surface area is 177 Å². The number of methoxy groups -OCH3 is 1. The fourth-order valence-electron chi connectivity index (χ4n) is 2.42. The van der Waals surface area contributed by atoms with E-state index in [9.17, 15) is 14.9 Å². The number of thiazole rings is 1. The summed E-state index contributed by atoms with van der Waals surface area (Å²) in [6.07, 6.45) is 1.62. The molecule has 11 heteroatoms. The van der Waals surface area contributed by atoms with Crippen LogP contribution in [0.3, 0.4) is 0 Å². The van der Waals surface area contributed by atoms with E-state index in [1.165, 1.54) is 29.2 Å². The Kier molecular flexibility index (Phi) is 5.43. The minimum atomic E-state index is -0.454. The maximum Gasteiger partial charge on any atom is 0.324 e. The van der Waals surface area contributed by atoms with Gasteiger partial charge in [-0.1, -0.05) is 11.3 Å². The zero-order valence-corrected chi connectivity index (χ0v) is 17.3. The van der Waals surface area contributed by atoms with Crippen LogP contribution in [-0.4, -0.2) is 28.1 Å². The highest BCUT2D eigenvalue weighted by atomic mass is 32.2. The molecule has 1 aliphatic heterocycles. The van der Waals surface area contributed by atoms with E-state index in [4.69, 9.17) is 4.74 Å². The zero-order valence-electron chi connectivity index (χ0n) is 14.8. The smallest absolute Gasteiger partial charge is 0.324 e. The third-order valence-electron chi connectivity index (χ3n) is 3.79. The number of hydrogen-bond donors (Lipinski definition) is 1. The van der Waals surface area contributed by atoms with E-state index in [2.05, 4.69) is 15.3 Å². The molecule has 0 saturated carbocycles. The molecule has 0 spiro atoms. The zero-order chi connectivity index (χ0) is 20.4. The van der Waals surface area contributed by atoms with Gasteiger partial charge in [-0.2, -0.15) is 4.99 Å². The molecule has 0 bridgehead atoms. The predicted octanol–water partition coefficient (Wildman–Crippen LogP) is 4.68. The number of carbonyl (C=O) groups is 1. The van der Waals surface area contributed by atoms with E-state index >= 15 is 0 Å². The van der Waals surface area contributed by atoms with E-state index < -0.39 is 4.92 Å². The van der Waals surface area contributed by atoms with Gasteiger partial charge in [-0.15, -0.1) is 11.3 Å². The number of amidine groups is 1. The van der Waals surface area contributed by atoms with Crippen LogP contribution in [0.15, 0.2) is 51.7 Å². The van der Waals surface area contributed by atoms with Crippen molar-refractivity contribution in [1.29, 1.82) is 0 Å². The number of rotatable bonds is 5. The second kappa shape index (κ2) is 8.15. The molecule has 1 saturated heterocycles. The van der Waals surface area contributed by atoms with Gasteiger partial charge in [0.15, 0.2) is 5.17 Å². The fourth-order valence-corrected chi connectivity index (χ4v) is 4.84. The maximum absolute atomic E-state index is 12.2. The van der Waals surface area contributed by atoms with Crippen molar-refractivity contribution in [3.8, 4) is 17.0 Å². The summed E-state index contributed by atoms with van der Waals surface area (Å²) >= 11 is 3.55. The number of nitrogens with one attached hydrogen (secondary N) is 1. The summed E-state index contributed by atoms with van der Waals surface area (Å²) in [7, 11) is 1.61. The summed E-state index contributed by atoms with van der Waals surface area (Å²) in [6, 6.07) is 10.6. The molecule has 4 rings (SSSR count). The van der Waals surface area contributed by atoms with Crippen LogP contribution >= 0.6 is 34.4 Å². The van der Waals surface area contributed by atoms with E-state index in [0.29, 0.717) is 20.1 Å². The van der Waals surface area contributed by atoms with Crippen LogP contribution in [0.1, 0.15) is 4.88 Å². The number of thioether (sulfide) groups is 1. The van der Waals surface area contributed by atoms with Crippen LogP contribution < -0.4 is 10.1 Å². The molecule has 1 N–H and O–H groups in total. The van der Waals surface area contributed by atoms with Crippen molar-refractivity contribution in [2.45, 2.75) is 0 Å². The Morgan fingerprint density at radius 2 is 2.03 bits per heavy atom. The average Bonchev–Trinajstić information content (AvgIpc) is 3.44. The van der Waals surface area contributed by atoms with Crippen molar-refractivity contribution < 1.29 is 14.5 Å². The molecule has 146 valence electrons. The lowest BCUT2D eigenvalue weighted by atomic mass is 10.2. The molecule has 3 aromatic rings. The molecule has 0 unspecified atom stereocenters. The first kappa shape index (κ1) is 19.3. The van der Waals surface area contributed by atoms with Crippen LogP contribution in [0.5, 0.6) is 5.75 Å². The molecule has 1 fully saturated rings. The molecule has 3 heterocycles. The number of nitro groups is 1. The van der Waals surface area contributed by atoms with E-state index in [1.54, 1.807) is 19.3 Å². The van der Waals surface area contributed by atoms with Gasteiger partial charge >= 0.3 is 5.00 Å². The Morgan fingerprint density at radius 3 is 2.72 bits per heavy atom. The third-order valence-corrected chi connectivity index (χ3v) is 6.42. The minimum absolute atomic E-state index is 0.0305. The standard InChI is InChI=1S/C18H12N4O4S3/c1-26-11-4-2-10(3-5-11)13-9-27-17(19-13)21-18-20-16(23)14(29-18)8-12-6-7-15(28-12)22(24)25/h2-9H,1H3,(H,19,20,21,23)/b14-8-. The normalized spacial score (nSPS) is 16.4. The predicted molar refractivity (Wildman–Crippen MR) is 116 cm³/mol. The summed E-state index contributed by atoms with van der Waals surface area (Å²) in [4.78, 5) is 32.4. The van der Waals surface area contributed by atoms with Crippen molar-refractivity contribution in [2.24, 2.45) is 4.99 Å². The van der Waals surface area contributed by atoms with Gasteiger partial charge in [0, 0.05) is 21.9 Å². The maximum atomic E-state index is 12.2. The van der Waals surface area contributed by atoms with Gasteiger partial charge in [0.25, 0.3) is 5.91 Å². The lowest BCUT2D eigenvalue weighted by Crippen LogP contribution is -2.19. The highest BCUT2D eigenvalue weighted by molar-refractivity contribution is 8.18. The number of thiophene rings is 1. The van der Waals surface area contributed by atoms with E-state index in [0.717, 1.165) is 28.3 Å². The van der Waals surface area contributed by atoms with Gasteiger partial charge in [0.05, 0.1) is 22.6 Å². The van der Waals surface area contributed by atoms with E-state index in [-0.39, 0.29) is 10.9 Å². The van der Waals surface area contributed by atoms with Gasteiger partial charge in [-0.3, -0.25) is 14.9 Å². The molecular formula is C18H12N4O4S3. The highest BCUT2D eigenvalue weighted by Crippen LogP contribution is 2.33. The van der Waals surface area contributed by atoms with Crippen molar-refractivity contribution in [2.75, 3.05) is 7.11 Å². The molecule has 29 heavy (non-hydrogen) atoms. The second-order valence-corrected chi connectivity index (χ2v) is 8.62. The minimum Gasteiger partial charge on any atom is -0.497 e. The summed E-state index contributed by atoms with van der Waals surface area (Å²) in [6.45, 7) is 0. The molecule has 0 aliphatic carbocycles. The second-order valence-electron chi connectivity index (χ2n) is 5.66. The molecular weight excluding hydrogens is 432 g/mol. The monoisotopic (exact) mass is 444 g/mol. The van der Waals surface area contributed by atoms with Gasteiger partial charge in [-0.05, 0) is 48.2 Å². The number of amides is 1. The summed E-state index contributed by atoms with van der Waals surface area (Å²) in [5.74, 6) is 0.474. The van der Waals surface area contributed by atoms with Gasteiger partial charge in [0.2, 0.25) is 5.13 Å². The van der Waals surface area contributed by atoms with Crippen LogP contribution in [0.25, 0.3) is 17.3 Å². The van der Waals surface area contributed by atoms with E-state index in [1.807, 2.05) is 29.6 Å². The number of aromatic nitrogens is 1. The number of nitrogens with zero attached hydrogens (tertiary/aromatic N) is 3. The molecule has 0 atom stereocenters. The molecule has 0 radical (unpaired) electrons. The first-order chi connectivity index (χ1) is 14.0. The number of aliphatic imine (C=N–C) groups is 1. The fraction of sp³-hybridized carbons (Fsp3) is 0.0556. The topological polar surface area (TPSA) is 107 Å². The Morgan fingerprint density at radius 1 is 1.24 bits per heavy atom. The van der Waals surface area contributed by atoms with Crippen LogP contribution in [0, 0.1) is 10.1 Å². The van der Waals surface area contributed by atoms with Gasteiger partial charge < -0.3 is 10.1 Å². The van der Waals surface area contributed by atoms with Crippen molar-refractivity contribution in [1.82, 2.24) is 10.3 Å². The van der Waals surface area contributed by atoms with Gasteiger partial charge in [0.1, 0.15) is 5.75 Å². The van der Waals surface area contributed by atoms with Crippen molar-refractivity contribution in [3.63, 3.8) is 0 Å². The quantitative estimate of drug-likeness (QED) is 0.348. The SMILES string of the molecule is COc1ccc(-c2csc(N=C3NC(=O)/C(=C/c4ccc([N+](=O)[O-])s4)S3)n2)cc1. The molecule has 8 nitrogen and oxygen atoms in total. The number of carbonyl (C=O) groups excluding carboxylic acids is 1. The first-order valence-corrected chi connectivity index (χ1v) is 10.7. The van der Waals surface area contributed by atoms with Crippen molar-refractivity contribution in [3.05, 3.63) is 61.7 Å². The molecule has 1 aliphatic rings. The summed E-state index contributed by atoms with van der Waals surface area (Å²) < 4.78 is 5.15. The molecule has 2 aromatic heterocycles. The van der Waals surface area contributed by atoms with Crippen molar-refractivity contribution >= 4 is 61.7 Å². The largest absolute Gasteiger partial charge is 0.497 e. The van der Waals surface area contributed by atoms with Crippen LogP contribution in [-0.2, 0) is 4.79 Å². The number of benzene rings is 1. The summed E-state index contributed by atoms with van der Waals surface area (Å²) in [5, 5.41) is 16.3. The Balaban J connectivity index is 1.50. The molecule has 1 amide bonds. The average molecular weight is 445 g/mol. The first-order valence-electron chi connectivity index (χ1n) is 8.15. The Bertz CT molecular complexity index is 1150. The van der Waals surface area contributed by atoms with Crippen LogP contribution in [0.4, 0.5) is 10.1 Å². The Hall–Kier alpha value is -3.02. The number of ether oxygens (including phenoxy) is 1. The van der Waals surface area contributed by atoms with Gasteiger partial charge in [-0.25, -0.2) is 4.98 Å². The third kappa shape index (κ3) is 4.36. The number of hydrogen-bond acceptors (Lipinski definition) is 9. The lowest BCUT2D eigenvalue weighted by Gasteiger charge is -2.00. The highest BCUT2D eigenvalue weighted by Gasteiger charge is 2.25. The summed E-state index contributed by atoms with van der Waals surface area (Å²) in [5.41, 5.74) is 1.73.